The highest BCUT2D eigenvalue weighted by Crippen LogP contribution is 2.29. The van der Waals surface area contributed by atoms with Crippen LogP contribution in [0.15, 0.2) is 47.6 Å². The molecule has 158 valence electrons. The van der Waals surface area contributed by atoms with E-state index in [0.29, 0.717) is 27.2 Å². The van der Waals surface area contributed by atoms with Crippen LogP contribution in [0.25, 0.3) is 5.69 Å². The number of unbranched alkanes of at least 4 members (excludes halogenated alkanes) is 1. The summed E-state index contributed by atoms with van der Waals surface area (Å²) in [5.41, 5.74) is 1.12. The summed E-state index contributed by atoms with van der Waals surface area (Å²) in [6.07, 6.45) is 2.17. The van der Waals surface area contributed by atoms with Gasteiger partial charge in [-0.2, -0.15) is 0 Å². The lowest BCUT2D eigenvalue weighted by molar-refractivity contribution is 0.0950. The molecule has 0 spiro atoms. The van der Waals surface area contributed by atoms with Crippen molar-refractivity contribution in [1.29, 1.82) is 0 Å². The topological polar surface area (TPSA) is 69.0 Å². The van der Waals surface area contributed by atoms with Gasteiger partial charge in [0.15, 0.2) is 11.0 Å². The van der Waals surface area contributed by atoms with Crippen LogP contribution in [-0.2, 0) is 6.54 Å². The van der Waals surface area contributed by atoms with Gasteiger partial charge in [0.25, 0.3) is 5.91 Å². The number of hydrogen-bond acceptors (Lipinski definition) is 5. The first kappa shape index (κ1) is 22.5. The highest BCUT2D eigenvalue weighted by atomic mass is 35.5. The van der Waals surface area contributed by atoms with Crippen LogP contribution >= 0.6 is 35.0 Å². The molecule has 0 atom stereocenters. The average Bonchev–Trinajstić information content (AvgIpc) is 3.16. The van der Waals surface area contributed by atoms with Crippen molar-refractivity contribution in [2.45, 2.75) is 31.5 Å². The third kappa shape index (κ3) is 5.28. The van der Waals surface area contributed by atoms with Crippen molar-refractivity contribution in [3.8, 4) is 11.4 Å². The molecule has 1 amide bonds. The van der Waals surface area contributed by atoms with Gasteiger partial charge in [0.1, 0.15) is 5.75 Å². The zero-order valence-corrected chi connectivity index (χ0v) is 19.0. The molecule has 3 aromatic rings. The Morgan fingerprint density at radius 2 is 2.00 bits per heavy atom. The van der Waals surface area contributed by atoms with Gasteiger partial charge in [0.2, 0.25) is 0 Å². The Morgan fingerprint density at radius 1 is 1.20 bits per heavy atom. The van der Waals surface area contributed by atoms with E-state index in [1.807, 2.05) is 28.8 Å². The van der Waals surface area contributed by atoms with E-state index in [0.717, 1.165) is 29.4 Å². The maximum absolute atomic E-state index is 12.6. The highest BCUT2D eigenvalue weighted by molar-refractivity contribution is 7.99. The van der Waals surface area contributed by atoms with Crippen molar-refractivity contribution >= 4 is 40.9 Å². The Balaban J connectivity index is 1.89. The van der Waals surface area contributed by atoms with Gasteiger partial charge >= 0.3 is 0 Å². The Morgan fingerprint density at radius 3 is 2.77 bits per heavy atom. The lowest BCUT2D eigenvalue weighted by atomic mass is 10.2. The third-order valence-electron chi connectivity index (χ3n) is 4.34. The van der Waals surface area contributed by atoms with Crippen molar-refractivity contribution in [3.63, 3.8) is 0 Å². The smallest absolute Gasteiger partial charge is 0.253 e. The number of nitrogens with one attached hydrogen (secondary N) is 1. The average molecular weight is 465 g/mol. The van der Waals surface area contributed by atoms with E-state index in [1.54, 1.807) is 31.0 Å². The second-order valence-electron chi connectivity index (χ2n) is 6.41. The lowest BCUT2D eigenvalue weighted by Gasteiger charge is -2.14. The molecule has 0 bridgehead atoms. The molecule has 0 saturated carbocycles. The molecule has 30 heavy (non-hydrogen) atoms. The molecule has 1 aromatic heterocycles. The zero-order chi connectivity index (χ0) is 21.5. The number of carbonyl (C=O) groups is 1. The number of para-hydroxylation sites is 2. The number of amides is 1. The minimum atomic E-state index is -0.336. The van der Waals surface area contributed by atoms with Crippen molar-refractivity contribution in [2.24, 2.45) is 0 Å². The van der Waals surface area contributed by atoms with Gasteiger partial charge in [-0.3, -0.25) is 9.36 Å². The van der Waals surface area contributed by atoms with Crippen LogP contribution in [0.5, 0.6) is 5.75 Å². The highest BCUT2D eigenvalue weighted by Gasteiger charge is 2.19. The van der Waals surface area contributed by atoms with Gasteiger partial charge < -0.3 is 10.1 Å². The monoisotopic (exact) mass is 464 g/mol. The maximum atomic E-state index is 12.6. The molecule has 0 aliphatic carbocycles. The summed E-state index contributed by atoms with van der Waals surface area (Å²) < 4.78 is 7.44. The first-order valence-corrected chi connectivity index (χ1v) is 11.2. The van der Waals surface area contributed by atoms with E-state index in [-0.39, 0.29) is 12.5 Å². The van der Waals surface area contributed by atoms with E-state index >= 15 is 0 Å². The van der Waals surface area contributed by atoms with Crippen molar-refractivity contribution in [3.05, 3.63) is 63.9 Å². The fourth-order valence-electron chi connectivity index (χ4n) is 2.80. The molecule has 1 heterocycles. The number of nitrogens with zero attached hydrogens (tertiary/aromatic N) is 3. The van der Waals surface area contributed by atoms with E-state index in [4.69, 9.17) is 27.9 Å². The molecule has 3 rings (SSSR count). The lowest BCUT2D eigenvalue weighted by Crippen LogP contribution is -2.25. The largest absolute Gasteiger partial charge is 0.495 e. The first-order chi connectivity index (χ1) is 14.5. The number of ether oxygens (including phenoxy) is 1. The summed E-state index contributed by atoms with van der Waals surface area (Å²) in [5, 5.41) is 13.0. The fraction of sp³-hybridized carbons (Fsp3) is 0.286. The minimum absolute atomic E-state index is 0.168. The summed E-state index contributed by atoms with van der Waals surface area (Å²) in [5.74, 6) is 1.87. The van der Waals surface area contributed by atoms with Crippen LogP contribution in [0.2, 0.25) is 10.0 Å². The number of thioether (sulfide) groups is 1. The maximum Gasteiger partial charge on any atom is 0.253 e. The molecule has 0 radical (unpaired) electrons. The quantitative estimate of drug-likeness (QED) is 0.338. The molecular formula is C21H22Cl2N4O2S. The van der Waals surface area contributed by atoms with Crippen LogP contribution in [0, 0.1) is 0 Å². The van der Waals surface area contributed by atoms with E-state index in [9.17, 15) is 4.79 Å². The summed E-state index contributed by atoms with van der Waals surface area (Å²) in [4.78, 5) is 12.6. The minimum Gasteiger partial charge on any atom is -0.495 e. The molecule has 2 aromatic carbocycles. The number of benzene rings is 2. The summed E-state index contributed by atoms with van der Waals surface area (Å²) >= 11 is 13.8. The molecule has 1 N–H and O–H groups in total. The Hall–Kier alpha value is -2.22. The molecule has 0 unspecified atom stereocenters. The second-order valence-corrected chi connectivity index (χ2v) is 8.32. The summed E-state index contributed by atoms with van der Waals surface area (Å²) in [6.45, 7) is 2.31. The summed E-state index contributed by atoms with van der Waals surface area (Å²) in [7, 11) is 1.62. The fourth-order valence-corrected chi connectivity index (χ4v) is 4.22. The Labute approximate surface area is 189 Å². The predicted molar refractivity (Wildman–Crippen MR) is 121 cm³/mol. The van der Waals surface area contributed by atoms with Crippen LogP contribution in [0.3, 0.4) is 0 Å². The number of carbonyl (C=O) groups excluding carboxylic acids is 1. The number of hydrogen-bond donors (Lipinski definition) is 1. The standard InChI is InChI=1S/C21H22Cl2N4O2S/c1-3-4-11-30-21-26-25-19(27(21)17-7-5-6-8-18(17)29-2)13-24-20(28)15-12-14(22)9-10-16(15)23/h5-10,12H,3-4,11,13H2,1-2H3,(H,24,28). The third-order valence-corrected chi connectivity index (χ3v) is 5.92. The predicted octanol–water partition coefficient (Wildman–Crippen LogP) is 5.40. The van der Waals surface area contributed by atoms with Gasteiger partial charge in [0, 0.05) is 10.8 Å². The molecule has 0 saturated heterocycles. The number of rotatable bonds is 9. The van der Waals surface area contributed by atoms with Gasteiger partial charge in [0.05, 0.1) is 29.9 Å². The van der Waals surface area contributed by atoms with Gasteiger partial charge in [-0.15, -0.1) is 10.2 Å². The molecule has 0 aliphatic heterocycles. The van der Waals surface area contributed by atoms with Crippen LogP contribution < -0.4 is 10.1 Å². The van der Waals surface area contributed by atoms with Crippen LogP contribution in [-0.4, -0.2) is 33.5 Å². The van der Waals surface area contributed by atoms with Gasteiger partial charge in [-0.25, -0.2) is 0 Å². The number of halogens is 2. The van der Waals surface area contributed by atoms with Crippen LogP contribution in [0.1, 0.15) is 35.9 Å². The number of aromatic nitrogens is 3. The van der Waals surface area contributed by atoms with E-state index < -0.39 is 0 Å². The van der Waals surface area contributed by atoms with E-state index in [1.165, 1.54) is 6.07 Å². The van der Waals surface area contributed by atoms with Crippen molar-refractivity contribution < 1.29 is 9.53 Å². The number of methoxy groups -OCH3 is 1. The molecule has 9 heteroatoms. The Bertz CT molecular complexity index is 1030. The molecule has 6 nitrogen and oxygen atoms in total. The summed E-state index contributed by atoms with van der Waals surface area (Å²) in [6, 6.07) is 12.4. The SMILES string of the molecule is CCCCSc1nnc(CNC(=O)c2cc(Cl)ccc2Cl)n1-c1ccccc1OC. The molecule has 0 fully saturated rings. The second kappa shape index (κ2) is 10.7. The van der Waals surface area contributed by atoms with Crippen LogP contribution in [0.4, 0.5) is 0 Å². The van der Waals surface area contributed by atoms with Gasteiger partial charge in [-0.1, -0.05) is 60.4 Å². The Kier molecular flexibility index (Phi) is 8.01. The zero-order valence-electron chi connectivity index (χ0n) is 16.7. The molecule has 0 aliphatic rings. The van der Waals surface area contributed by atoms with Crippen molar-refractivity contribution in [1.82, 2.24) is 20.1 Å². The normalized spacial score (nSPS) is 10.8. The first-order valence-electron chi connectivity index (χ1n) is 9.48. The van der Waals surface area contributed by atoms with E-state index in [2.05, 4.69) is 22.4 Å². The van der Waals surface area contributed by atoms with Crippen molar-refractivity contribution in [2.75, 3.05) is 12.9 Å². The molecular weight excluding hydrogens is 443 g/mol. The van der Waals surface area contributed by atoms with Gasteiger partial charge in [-0.05, 0) is 36.8 Å².